The molecule has 23 heavy (non-hydrogen) atoms. The fourth-order valence-corrected chi connectivity index (χ4v) is 3.20. The van der Waals surface area contributed by atoms with Gasteiger partial charge in [0, 0.05) is 35.3 Å². The van der Waals surface area contributed by atoms with E-state index in [4.69, 9.17) is 17.3 Å². The maximum Gasteiger partial charge on any atom is 0.271 e. The number of nitrogens with one attached hydrogen (secondary N) is 1. The fourth-order valence-electron chi connectivity index (χ4n) is 2.97. The molecule has 1 unspecified atom stereocenters. The van der Waals surface area contributed by atoms with Crippen molar-refractivity contribution in [2.45, 2.75) is 38.1 Å². The standard InChI is InChI=1S/C15H20ClN3O3.ClH/c16-12-6-11(7-13(8-12)19(21)22)15(20)18-14(9-17)10-4-2-1-3-5-10;/h6-8,10,14H,1-5,9,17H2,(H,18,20);1H. The first-order valence-electron chi connectivity index (χ1n) is 7.47. The van der Waals surface area contributed by atoms with Crippen LogP contribution in [0.1, 0.15) is 42.5 Å². The molecule has 8 heteroatoms. The summed E-state index contributed by atoms with van der Waals surface area (Å²) in [5.41, 5.74) is 5.78. The lowest BCUT2D eigenvalue weighted by Gasteiger charge is -2.30. The van der Waals surface area contributed by atoms with E-state index < -0.39 is 4.92 Å². The van der Waals surface area contributed by atoms with Gasteiger partial charge in [-0.2, -0.15) is 0 Å². The molecular weight excluding hydrogens is 341 g/mol. The van der Waals surface area contributed by atoms with Gasteiger partial charge in [-0.1, -0.05) is 30.9 Å². The molecule has 1 atom stereocenters. The number of benzene rings is 1. The minimum Gasteiger partial charge on any atom is -0.348 e. The van der Waals surface area contributed by atoms with E-state index in [0.29, 0.717) is 12.5 Å². The Kier molecular flexibility index (Phi) is 7.75. The van der Waals surface area contributed by atoms with Gasteiger partial charge in [0.15, 0.2) is 0 Å². The third-order valence-electron chi connectivity index (χ3n) is 4.14. The lowest BCUT2D eigenvalue weighted by atomic mass is 9.84. The molecule has 1 aliphatic rings. The second-order valence-corrected chi connectivity index (χ2v) is 6.11. The van der Waals surface area contributed by atoms with Gasteiger partial charge in [-0.25, -0.2) is 0 Å². The fraction of sp³-hybridized carbons (Fsp3) is 0.533. The number of non-ortho nitro benzene ring substituents is 1. The maximum atomic E-state index is 12.3. The Morgan fingerprint density at radius 1 is 1.35 bits per heavy atom. The summed E-state index contributed by atoms with van der Waals surface area (Å²) in [6, 6.07) is 3.78. The highest BCUT2D eigenvalue weighted by atomic mass is 35.5. The summed E-state index contributed by atoms with van der Waals surface area (Å²) in [5.74, 6) is 0.00323. The van der Waals surface area contributed by atoms with Gasteiger partial charge in [-0.05, 0) is 24.8 Å². The van der Waals surface area contributed by atoms with Crippen LogP contribution < -0.4 is 11.1 Å². The quantitative estimate of drug-likeness (QED) is 0.620. The number of rotatable bonds is 5. The van der Waals surface area contributed by atoms with Crippen molar-refractivity contribution in [2.24, 2.45) is 11.7 Å². The van der Waals surface area contributed by atoms with Crippen LogP contribution in [-0.2, 0) is 0 Å². The van der Waals surface area contributed by atoms with Crippen LogP contribution in [-0.4, -0.2) is 23.4 Å². The molecule has 2 rings (SSSR count). The van der Waals surface area contributed by atoms with Crippen molar-refractivity contribution in [1.29, 1.82) is 0 Å². The van der Waals surface area contributed by atoms with Gasteiger partial charge in [-0.15, -0.1) is 12.4 Å². The summed E-state index contributed by atoms with van der Waals surface area (Å²) in [6.07, 6.45) is 5.64. The van der Waals surface area contributed by atoms with E-state index in [2.05, 4.69) is 5.32 Å². The molecule has 0 radical (unpaired) electrons. The van der Waals surface area contributed by atoms with Crippen LogP contribution in [0.4, 0.5) is 5.69 Å². The molecule has 0 aliphatic heterocycles. The molecule has 0 heterocycles. The minimum atomic E-state index is -0.565. The number of carbonyl (C=O) groups excluding carboxylic acids is 1. The van der Waals surface area contributed by atoms with Crippen LogP contribution >= 0.6 is 24.0 Å². The van der Waals surface area contributed by atoms with E-state index in [-0.39, 0.29) is 40.6 Å². The molecule has 1 aliphatic carbocycles. The average Bonchev–Trinajstić information content (AvgIpc) is 2.52. The van der Waals surface area contributed by atoms with Gasteiger partial charge in [0.2, 0.25) is 0 Å². The van der Waals surface area contributed by atoms with Gasteiger partial charge in [0.1, 0.15) is 0 Å². The summed E-state index contributed by atoms with van der Waals surface area (Å²) in [4.78, 5) is 22.6. The molecule has 0 bridgehead atoms. The normalized spacial score (nSPS) is 16.3. The third-order valence-corrected chi connectivity index (χ3v) is 4.36. The predicted octanol–water partition coefficient (Wildman–Crippen LogP) is 3.31. The number of nitrogens with zero attached hydrogens (tertiary/aromatic N) is 1. The number of carbonyl (C=O) groups is 1. The van der Waals surface area contributed by atoms with Crippen molar-refractivity contribution in [3.05, 3.63) is 38.9 Å². The van der Waals surface area contributed by atoms with Crippen molar-refractivity contribution >= 4 is 35.6 Å². The molecule has 3 N–H and O–H groups in total. The second kappa shape index (κ2) is 9.05. The van der Waals surface area contributed by atoms with Crippen molar-refractivity contribution in [1.82, 2.24) is 5.32 Å². The highest BCUT2D eigenvalue weighted by Gasteiger charge is 2.25. The average molecular weight is 362 g/mol. The van der Waals surface area contributed by atoms with Crippen molar-refractivity contribution in [3.8, 4) is 0 Å². The first-order valence-corrected chi connectivity index (χ1v) is 7.85. The molecule has 1 aromatic carbocycles. The summed E-state index contributed by atoms with van der Waals surface area (Å²) in [7, 11) is 0. The van der Waals surface area contributed by atoms with E-state index >= 15 is 0 Å². The second-order valence-electron chi connectivity index (χ2n) is 5.67. The third kappa shape index (κ3) is 5.34. The van der Waals surface area contributed by atoms with Gasteiger partial charge in [0.05, 0.1) is 4.92 Å². The molecule has 1 fully saturated rings. The summed E-state index contributed by atoms with van der Waals surface area (Å²) in [5, 5.41) is 13.9. The smallest absolute Gasteiger partial charge is 0.271 e. The number of nitro benzene ring substituents is 1. The maximum absolute atomic E-state index is 12.3. The number of hydrogen-bond donors (Lipinski definition) is 2. The van der Waals surface area contributed by atoms with Crippen LogP contribution in [0.2, 0.25) is 5.02 Å². The summed E-state index contributed by atoms with van der Waals surface area (Å²) < 4.78 is 0. The topological polar surface area (TPSA) is 98.3 Å². The number of halogens is 2. The number of nitrogens with two attached hydrogens (primary N) is 1. The largest absolute Gasteiger partial charge is 0.348 e. The predicted molar refractivity (Wildman–Crippen MR) is 92.2 cm³/mol. The molecule has 1 amide bonds. The van der Waals surface area contributed by atoms with Crippen LogP contribution in [0.5, 0.6) is 0 Å². The van der Waals surface area contributed by atoms with E-state index in [1.54, 1.807) is 0 Å². The number of hydrogen-bond acceptors (Lipinski definition) is 4. The highest BCUT2D eigenvalue weighted by Crippen LogP contribution is 2.27. The first kappa shape index (κ1) is 19.7. The van der Waals surface area contributed by atoms with Gasteiger partial charge < -0.3 is 11.1 Å². The van der Waals surface area contributed by atoms with E-state index in [9.17, 15) is 14.9 Å². The monoisotopic (exact) mass is 361 g/mol. The summed E-state index contributed by atoms with van der Waals surface area (Å²) >= 11 is 5.85. The summed E-state index contributed by atoms with van der Waals surface area (Å²) in [6.45, 7) is 0.360. The molecule has 0 aromatic heterocycles. The van der Waals surface area contributed by atoms with Crippen molar-refractivity contribution in [3.63, 3.8) is 0 Å². The van der Waals surface area contributed by atoms with Gasteiger partial charge in [-0.3, -0.25) is 14.9 Å². The molecule has 0 spiro atoms. The zero-order chi connectivity index (χ0) is 16.1. The Morgan fingerprint density at radius 3 is 2.57 bits per heavy atom. The molecule has 1 aromatic rings. The zero-order valence-electron chi connectivity index (χ0n) is 12.7. The number of nitro groups is 1. The Hall–Kier alpha value is -1.37. The van der Waals surface area contributed by atoms with Gasteiger partial charge in [0.25, 0.3) is 11.6 Å². The Morgan fingerprint density at radius 2 is 2.00 bits per heavy atom. The van der Waals surface area contributed by atoms with Crippen LogP contribution in [0.15, 0.2) is 18.2 Å². The van der Waals surface area contributed by atoms with Crippen LogP contribution in [0.3, 0.4) is 0 Å². The molecule has 6 nitrogen and oxygen atoms in total. The molecule has 128 valence electrons. The van der Waals surface area contributed by atoms with Crippen LogP contribution in [0, 0.1) is 16.0 Å². The zero-order valence-corrected chi connectivity index (χ0v) is 14.2. The van der Waals surface area contributed by atoms with Crippen molar-refractivity contribution in [2.75, 3.05) is 6.54 Å². The van der Waals surface area contributed by atoms with Crippen molar-refractivity contribution < 1.29 is 9.72 Å². The Labute approximate surface area is 146 Å². The van der Waals surface area contributed by atoms with Crippen LogP contribution in [0.25, 0.3) is 0 Å². The van der Waals surface area contributed by atoms with Gasteiger partial charge >= 0.3 is 0 Å². The molecular formula is C15H21Cl2N3O3. The molecule has 0 saturated heterocycles. The molecule has 1 saturated carbocycles. The van der Waals surface area contributed by atoms with E-state index in [1.165, 1.54) is 24.6 Å². The lowest BCUT2D eigenvalue weighted by Crippen LogP contribution is -2.45. The van der Waals surface area contributed by atoms with E-state index in [0.717, 1.165) is 25.7 Å². The lowest BCUT2D eigenvalue weighted by molar-refractivity contribution is -0.384. The Bertz CT molecular complexity index is 563. The first-order chi connectivity index (χ1) is 10.5. The SMILES string of the molecule is Cl.NCC(NC(=O)c1cc(Cl)cc([N+](=O)[O-])c1)C1CCCCC1. The number of amides is 1. The Balaban J connectivity index is 0.00000264. The van der Waals surface area contributed by atoms with E-state index in [1.807, 2.05) is 0 Å². The minimum absolute atomic E-state index is 0. The highest BCUT2D eigenvalue weighted by molar-refractivity contribution is 6.31.